The van der Waals surface area contributed by atoms with Crippen LogP contribution in [-0.4, -0.2) is 12.5 Å². The summed E-state index contributed by atoms with van der Waals surface area (Å²) in [5.41, 5.74) is 1.69. The Balaban J connectivity index is 1.77. The van der Waals surface area contributed by atoms with Gasteiger partial charge in [-0.25, -0.2) is 0 Å². The third-order valence-electron chi connectivity index (χ3n) is 3.17. The summed E-state index contributed by atoms with van der Waals surface area (Å²) in [7, 11) is 0. The lowest BCUT2D eigenvalue weighted by Crippen LogP contribution is -2.13. The number of benzene rings is 2. The van der Waals surface area contributed by atoms with Gasteiger partial charge in [-0.05, 0) is 49.2 Å². The summed E-state index contributed by atoms with van der Waals surface area (Å²) in [6.07, 6.45) is 0.918. The van der Waals surface area contributed by atoms with E-state index in [2.05, 4.69) is 5.32 Å². The Morgan fingerprint density at radius 2 is 1.78 bits per heavy atom. The second kappa shape index (κ2) is 8.44. The van der Waals surface area contributed by atoms with Crippen LogP contribution in [0.4, 0.5) is 5.69 Å². The van der Waals surface area contributed by atoms with E-state index in [1.54, 1.807) is 30.3 Å². The number of hydrogen-bond donors (Lipinski definition) is 1. The fraction of sp³-hybridized carbons (Fsp3) is 0.235. The van der Waals surface area contributed by atoms with Crippen LogP contribution < -0.4 is 10.1 Å². The minimum absolute atomic E-state index is 0.0823. The molecule has 2 rings (SSSR count). The molecule has 0 bridgehead atoms. The number of amides is 1. The predicted octanol–water partition coefficient (Wildman–Crippen LogP) is 5.75. The summed E-state index contributed by atoms with van der Waals surface area (Å²) < 4.78 is 5.54. The van der Waals surface area contributed by atoms with Crippen LogP contribution in [0.1, 0.15) is 18.4 Å². The van der Waals surface area contributed by atoms with Crippen LogP contribution in [0.15, 0.2) is 36.4 Å². The molecule has 0 aliphatic rings. The molecule has 0 atom stereocenters. The van der Waals surface area contributed by atoms with Crippen LogP contribution >= 0.6 is 34.8 Å². The second-order valence-corrected chi connectivity index (χ2v) is 6.31. The van der Waals surface area contributed by atoms with Gasteiger partial charge in [0.05, 0.1) is 11.6 Å². The van der Waals surface area contributed by atoms with Gasteiger partial charge in [0.15, 0.2) is 0 Å². The van der Waals surface area contributed by atoms with Crippen molar-refractivity contribution in [1.82, 2.24) is 0 Å². The van der Waals surface area contributed by atoms with Crippen LogP contribution in [0, 0.1) is 6.92 Å². The summed E-state index contributed by atoms with van der Waals surface area (Å²) in [5, 5.41) is 4.44. The molecule has 0 aromatic heterocycles. The lowest BCUT2D eigenvalue weighted by Gasteiger charge is -2.10. The molecular weight excluding hydrogens is 357 g/mol. The maximum atomic E-state index is 11.9. The fourth-order valence-corrected chi connectivity index (χ4v) is 2.58. The van der Waals surface area contributed by atoms with E-state index in [0.29, 0.717) is 40.3 Å². The molecule has 0 unspecified atom stereocenters. The average molecular weight is 373 g/mol. The van der Waals surface area contributed by atoms with E-state index in [4.69, 9.17) is 39.5 Å². The van der Waals surface area contributed by atoms with Crippen LogP contribution in [0.5, 0.6) is 5.75 Å². The first-order valence-electron chi connectivity index (χ1n) is 7.09. The van der Waals surface area contributed by atoms with Crippen LogP contribution in [-0.2, 0) is 4.79 Å². The van der Waals surface area contributed by atoms with Gasteiger partial charge in [-0.15, -0.1) is 0 Å². The number of rotatable bonds is 6. The van der Waals surface area contributed by atoms with E-state index in [0.717, 1.165) is 11.3 Å². The third kappa shape index (κ3) is 5.61. The lowest BCUT2D eigenvalue weighted by molar-refractivity contribution is -0.116. The molecule has 3 nitrogen and oxygen atoms in total. The summed E-state index contributed by atoms with van der Waals surface area (Å²) in [6, 6.07) is 10.4. The number of halogens is 3. The molecule has 0 saturated heterocycles. The number of aryl methyl sites for hydroxylation is 1. The number of hydrogen-bond acceptors (Lipinski definition) is 2. The fourth-order valence-electron chi connectivity index (χ4n) is 1.95. The molecule has 0 aliphatic carbocycles. The molecule has 0 spiro atoms. The maximum absolute atomic E-state index is 11.9. The van der Waals surface area contributed by atoms with Crippen LogP contribution in [0.2, 0.25) is 15.1 Å². The molecule has 0 aliphatic heterocycles. The van der Waals surface area contributed by atoms with Gasteiger partial charge in [0.25, 0.3) is 0 Å². The van der Waals surface area contributed by atoms with Crippen molar-refractivity contribution in [1.29, 1.82) is 0 Å². The Labute approximate surface area is 150 Å². The van der Waals surface area contributed by atoms with Gasteiger partial charge < -0.3 is 10.1 Å². The number of carbonyl (C=O) groups is 1. The van der Waals surface area contributed by atoms with Crippen molar-refractivity contribution >= 4 is 46.4 Å². The van der Waals surface area contributed by atoms with Crippen molar-refractivity contribution in [2.24, 2.45) is 0 Å². The average Bonchev–Trinajstić information content (AvgIpc) is 2.49. The van der Waals surface area contributed by atoms with Crippen molar-refractivity contribution in [3.8, 4) is 5.75 Å². The van der Waals surface area contributed by atoms with Gasteiger partial charge in [-0.1, -0.05) is 40.9 Å². The molecule has 1 N–H and O–H groups in total. The first kappa shape index (κ1) is 17.9. The maximum Gasteiger partial charge on any atom is 0.224 e. The molecular formula is C17H16Cl3NO2. The standard InChI is InChI=1S/C17H16Cl3NO2/c1-11-4-5-13(19)10-15(11)21-17(22)3-2-8-23-16-7-6-12(18)9-14(16)20/h4-7,9-10H,2-3,8H2,1H3,(H,21,22). The number of ether oxygens (including phenoxy) is 1. The topological polar surface area (TPSA) is 38.3 Å². The third-order valence-corrected chi connectivity index (χ3v) is 3.94. The zero-order valence-corrected chi connectivity index (χ0v) is 14.8. The normalized spacial score (nSPS) is 10.4. The van der Waals surface area contributed by atoms with E-state index < -0.39 is 0 Å². The van der Waals surface area contributed by atoms with Gasteiger partial charge >= 0.3 is 0 Å². The number of carbonyl (C=O) groups excluding carboxylic acids is 1. The molecule has 0 heterocycles. The van der Waals surface area contributed by atoms with E-state index in [1.165, 1.54) is 0 Å². The summed E-state index contributed by atoms with van der Waals surface area (Å²) in [6.45, 7) is 2.31. The second-order valence-electron chi connectivity index (χ2n) is 5.03. The number of anilines is 1. The van der Waals surface area contributed by atoms with Gasteiger partial charge in [0, 0.05) is 22.2 Å². The Morgan fingerprint density at radius 1 is 1.09 bits per heavy atom. The quantitative estimate of drug-likeness (QED) is 0.655. The molecule has 2 aromatic carbocycles. The van der Waals surface area contributed by atoms with Crippen molar-refractivity contribution < 1.29 is 9.53 Å². The molecule has 0 radical (unpaired) electrons. The van der Waals surface area contributed by atoms with Crippen molar-refractivity contribution in [3.63, 3.8) is 0 Å². The smallest absolute Gasteiger partial charge is 0.224 e. The molecule has 6 heteroatoms. The van der Waals surface area contributed by atoms with Gasteiger partial charge in [-0.3, -0.25) is 4.79 Å². The highest BCUT2D eigenvalue weighted by Crippen LogP contribution is 2.27. The van der Waals surface area contributed by atoms with E-state index in [1.807, 2.05) is 13.0 Å². The van der Waals surface area contributed by atoms with E-state index >= 15 is 0 Å². The highest BCUT2D eigenvalue weighted by Gasteiger charge is 2.07. The summed E-state index contributed by atoms with van der Waals surface area (Å²) in [5.74, 6) is 0.475. The van der Waals surface area contributed by atoms with Crippen LogP contribution in [0.3, 0.4) is 0 Å². The molecule has 122 valence electrons. The number of nitrogens with one attached hydrogen (secondary N) is 1. The Kier molecular flexibility index (Phi) is 6.58. The van der Waals surface area contributed by atoms with E-state index in [-0.39, 0.29) is 5.91 Å². The Bertz CT molecular complexity index is 704. The van der Waals surface area contributed by atoms with E-state index in [9.17, 15) is 4.79 Å². The van der Waals surface area contributed by atoms with Gasteiger partial charge in [0.2, 0.25) is 5.91 Å². The van der Waals surface area contributed by atoms with Gasteiger partial charge in [0.1, 0.15) is 5.75 Å². The molecule has 0 fully saturated rings. The van der Waals surface area contributed by atoms with Crippen molar-refractivity contribution in [2.75, 3.05) is 11.9 Å². The predicted molar refractivity (Wildman–Crippen MR) is 96.0 cm³/mol. The highest BCUT2D eigenvalue weighted by atomic mass is 35.5. The molecule has 23 heavy (non-hydrogen) atoms. The minimum atomic E-state index is -0.0823. The first-order valence-corrected chi connectivity index (χ1v) is 8.23. The highest BCUT2D eigenvalue weighted by molar-refractivity contribution is 6.35. The molecule has 1 amide bonds. The zero-order valence-electron chi connectivity index (χ0n) is 12.5. The zero-order chi connectivity index (χ0) is 16.8. The van der Waals surface area contributed by atoms with Gasteiger partial charge in [-0.2, -0.15) is 0 Å². The molecule has 2 aromatic rings. The Morgan fingerprint density at radius 3 is 2.52 bits per heavy atom. The van der Waals surface area contributed by atoms with Crippen molar-refractivity contribution in [2.45, 2.75) is 19.8 Å². The Hall–Kier alpha value is -1.42. The lowest BCUT2D eigenvalue weighted by atomic mass is 10.2. The molecule has 0 saturated carbocycles. The van der Waals surface area contributed by atoms with Crippen molar-refractivity contribution in [3.05, 3.63) is 57.0 Å². The minimum Gasteiger partial charge on any atom is -0.492 e. The van der Waals surface area contributed by atoms with Crippen LogP contribution in [0.25, 0.3) is 0 Å². The summed E-state index contributed by atoms with van der Waals surface area (Å²) >= 11 is 17.8. The SMILES string of the molecule is Cc1ccc(Cl)cc1NC(=O)CCCOc1ccc(Cl)cc1Cl. The first-order chi connectivity index (χ1) is 11.0. The largest absolute Gasteiger partial charge is 0.492 e. The monoisotopic (exact) mass is 371 g/mol. The summed E-state index contributed by atoms with van der Waals surface area (Å²) in [4.78, 5) is 11.9.